The molecule has 1 unspecified atom stereocenters. The Balaban J connectivity index is 1.43. The molecular weight excluding hydrogens is 438 g/mol. The number of carbonyl (C=O) groups is 1. The lowest BCUT2D eigenvalue weighted by Crippen LogP contribution is -2.46. The molecule has 2 saturated heterocycles. The van der Waals surface area contributed by atoms with Gasteiger partial charge < -0.3 is 9.64 Å². The van der Waals surface area contributed by atoms with Crippen LogP contribution in [0.3, 0.4) is 0 Å². The molecule has 2 fully saturated rings. The Kier molecular flexibility index (Phi) is 7.46. The van der Waals surface area contributed by atoms with Crippen LogP contribution in [-0.2, 0) is 26.1 Å². The van der Waals surface area contributed by atoms with E-state index < -0.39 is 10.0 Å². The Labute approximate surface area is 196 Å². The van der Waals surface area contributed by atoms with E-state index in [4.69, 9.17) is 4.74 Å². The molecule has 0 N–H and O–H groups in total. The number of nitrogens with zero attached hydrogens (tertiary/aromatic N) is 3. The summed E-state index contributed by atoms with van der Waals surface area (Å²) in [7, 11) is -3.57. The van der Waals surface area contributed by atoms with Gasteiger partial charge in [-0.2, -0.15) is 4.31 Å². The molecule has 0 saturated carbocycles. The Morgan fingerprint density at radius 3 is 2.61 bits per heavy atom. The second-order valence-corrected chi connectivity index (χ2v) is 11.1. The Hall–Kier alpha value is -2.29. The molecule has 1 aromatic carbocycles. The predicted molar refractivity (Wildman–Crippen MR) is 126 cm³/mol. The van der Waals surface area contributed by atoms with Gasteiger partial charge in [-0.25, -0.2) is 8.42 Å². The SMILES string of the molecule is Cc1ccc(S(=O)(=O)N2CCC(C(=O)N(Cc3cccnc3)CC3CCCO3)CC2)c(C)c1. The minimum atomic E-state index is -3.57. The Morgan fingerprint density at radius 2 is 1.97 bits per heavy atom. The number of amides is 1. The predicted octanol–water partition coefficient (Wildman–Crippen LogP) is 3.31. The van der Waals surface area contributed by atoms with E-state index in [1.54, 1.807) is 18.5 Å². The van der Waals surface area contributed by atoms with Gasteiger partial charge in [0.1, 0.15) is 0 Å². The van der Waals surface area contributed by atoms with Gasteiger partial charge in [0.05, 0.1) is 11.0 Å². The van der Waals surface area contributed by atoms with E-state index >= 15 is 0 Å². The molecule has 0 spiro atoms. The van der Waals surface area contributed by atoms with Gasteiger partial charge in [0.15, 0.2) is 0 Å². The summed E-state index contributed by atoms with van der Waals surface area (Å²) in [4.78, 5) is 19.9. The van der Waals surface area contributed by atoms with Crippen molar-refractivity contribution in [3.63, 3.8) is 0 Å². The van der Waals surface area contributed by atoms with E-state index in [1.807, 2.05) is 43.0 Å². The molecule has 0 aliphatic carbocycles. The van der Waals surface area contributed by atoms with Crippen molar-refractivity contribution in [3.8, 4) is 0 Å². The van der Waals surface area contributed by atoms with Crippen LogP contribution in [-0.4, -0.2) is 60.9 Å². The second kappa shape index (κ2) is 10.3. The number of aryl methyl sites for hydroxylation is 2. The zero-order valence-corrected chi connectivity index (χ0v) is 20.3. The van der Waals surface area contributed by atoms with Gasteiger partial charge in [-0.05, 0) is 62.8 Å². The van der Waals surface area contributed by atoms with Gasteiger partial charge in [0.2, 0.25) is 15.9 Å². The van der Waals surface area contributed by atoms with Gasteiger partial charge >= 0.3 is 0 Å². The van der Waals surface area contributed by atoms with Crippen LogP contribution in [0.4, 0.5) is 0 Å². The van der Waals surface area contributed by atoms with Crippen molar-refractivity contribution in [1.29, 1.82) is 0 Å². The number of aromatic nitrogens is 1. The standard InChI is InChI=1S/C25H33N3O4S/c1-19-7-8-24(20(2)15-19)33(30,31)28-12-9-22(10-13-28)25(29)27(18-23-6-4-14-32-23)17-21-5-3-11-26-16-21/h3,5,7-8,11,15-16,22-23H,4,6,9-10,12-14,17-18H2,1-2H3. The number of benzene rings is 1. The average molecular weight is 472 g/mol. The van der Waals surface area contributed by atoms with Gasteiger partial charge in [0, 0.05) is 51.1 Å². The molecule has 3 heterocycles. The number of hydrogen-bond donors (Lipinski definition) is 0. The van der Waals surface area contributed by atoms with Crippen LogP contribution < -0.4 is 0 Å². The second-order valence-electron chi connectivity index (χ2n) is 9.16. The molecule has 4 rings (SSSR count). The third kappa shape index (κ3) is 5.62. The smallest absolute Gasteiger partial charge is 0.243 e. The molecule has 1 aromatic heterocycles. The van der Waals surface area contributed by atoms with Crippen molar-refractivity contribution in [2.45, 2.75) is 57.1 Å². The lowest BCUT2D eigenvalue weighted by Gasteiger charge is -2.34. The number of pyridine rings is 1. The summed E-state index contributed by atoms with van der Waals surface area (Å²) >= 11 is 0. The third-order valence-electron chi connectivity index (χ3n) is 6.61. The van der Waals surface area contributed by atoms with Crippen molar-refractivity contribution >= 4 is 15.9 Å². The number of sulfonamides is 1. The van der Waals surface area contributed by atoms with E-state index in [0.29, 0.717) is 43.9 Å². The molecule has 2 aliphatic rings. The van der Waals surface area contributed by atoms with Gasteiger partial charge in [-0.1, -0.05) is 23.8 Å². The van der Waals surface area contributed by atoms with Crippen LogP contribution in [0.15, 0.2) is 47.6 Å². The fourth-order valence-corrected chi connectivity index (χ4v) is 6.48. The third-order valence-corrected chi connectivity index (χ3v) is 8.67. The molecule has 0 radical (unpaired) electrons. The number of ether oxygens (including phenoxy) is 1. The molecule has 2 aliphatic heterocycles. The molecule has 1 atom stereocenters. The average Bonchev–Trinajstić information content (AvgIpc) is 3.32. The first-order valence-electron chi connectivity index (χ1n) is 11.7. The molecule has 1 amide bonds. The van der Waals surface area contributed by atoms with Gasteiger partial charge in [-0.3, -0.25) is 9.78 Å². The molecule has 8 heteroatoms. The summed E-state index contributed by atoms with van der Waals surface area (Å²) in [5, 5.41) is 0. The van der Waals surface area contributed by atoms with Crippen LogP contribution in [0, 0.1) is 19.8 Å². The minimum Gasteiger partial charge on any atom is -0.376 e. The van der Waals surface area contributed by atoms with E-state index in [-0.39, 0.29) is 17.9 Å². The van der Waals surface area contributed by atoms with Crippen LogP contribution in [0.5, 0.6) is 0 Å². The normalized spacial score (nSPS) is 20.1. The summed E-state index contributed by atoms with van der Waals surface area (Å²) in [6.07, 6.45) is 6.61. The monoisotopic (exact) mass is 471 g/mol. The highest BCUT2D eigenvalue weighted by Crippen LogP contribution is 2.28. The maximum absolute atomic E-state index is 13.5. The highest BCUT2D eigenvalue weighted by Gasteiger charge is 2.35. The zero-order valence-electron chi connectivity index (χ0n) is 19.4. The highest BCUT2D eigenvalue weighted by molar-refractivity contribution is 7.89. The van der Waals surface area contributed by atoms with Crippen molar-refractivity contribution in [2.75, 3.05) is 26.2 Å². The molecule has 7 nitrogen and oxygen atoms in total. The molecular formula is C25H33N3O4S. The summed E-state index contributed by atoms with van der Waals surface area (Å²) < 4.78 is 33.7. The van der Waals surface area contributed by atoms with Crippen LogP contribution in [0.2, 0.25) is 0 Å². The van der Waals surface area contributed by atoms with Crippen molar-refractivity contribution < 1.29 is 17.9 Å². The summed E-state index contributed by atoms with van der Waals surface area (Å²) in [6, 6.07) is 9.26. The van der Waals surface area contributed by atoms with Crippen LogP contribution in [0.25, 0.3) is 0 Å². The molecule has 178 valence electrons. The largest absolute Gasteiger partial charge is 0.376 e. The first-order chi connectivity index (χ1) is 15.8. The van der Waals surface area contributed by atoms with Gasteiger partial charge in [0.25, 0.3) is 0 Å². The van der Waals surface area contributed by atoms with Crippen LogP contribution >= 0.6 is 0 Å². The van der Waals surface area contributed by atoms with Gasteiger partial charge in [-0.15, -0.1) is 0 Å². The van der Waals surface area contributed by atoms with E-state index in [2.05, 4.69) is 4.98 Å². The summed E-state index contributed by atoms with van der Waals surface area (Å²) in [5.74, 6) is -0.105. The topological polar surface area (TPSA) is 79.8 Å². The maximum Gasteiger partial charge on any atom is 0.243 e. The van der Waals surface area contributed by atoms with E-state index in [1.165, 1.54) is 4.31 Å². The van der Waals surface area contributed by atoms with E-state index in [0.717, 1.165) is 36.1 Å². The minimum absolute atomic E-state index is 0.0654. The summed E-state index contributed by atoms with van der Waals surface area (Å²) in [6.45, 7) is 6.29. The fraction of sp³-hybridized carbons (Fsp3) is 0.520. The van der Waals surface area contributed by atoms with E-state index in [9.17, 15) is 13.2 Å². The van der Waals surface area contributed by atoms with Crippen molar-refractivity contribution in [2.24, 2.45) is 5.92 Å². The van der Waals surface area contributed by atoms with Crippen molar-refractivity contribution in [1.82, 2.24) is 14.2 Å². The quantitative estimate of drug-likeness (QED) is 0.619. The molecule has 0 bridgehead atoms. The highest BCUT2D eigenvalue weighted by atomic mass is 32.2. The summed E-state index contributed by atoms with van der Waals surface area (Å²) in [5.41, 5.74) is 2.78. The Morgan fingerprint density at radius 1 is 1.18 bits per heavy atom. The van der Waals surface area contributed by atoms with Crippen molar-refractivity contribution in [3.05, 3.63) is 59.4 Å². The number of rotatable bonds is 7. The first-order valence-corrected chi connectivity index (χ1v) is 13.2. The molecule has 33 heavy (non-hydrogen) atoms. The first kappa shape index (κ1) is 23.9. The Bertz CT molecular complexity index is 1060. The number of piperidine rings is 1. The zero-order chi connectivity index (χ0) is 23.4. The molecule has 2 aromatic rings. The maximum atomic E-state index is 13.5. The lowest BCUT2D eigenvalue weighted by atomic mass is 9.96. The number of hydrogen-bond acceptors (Lipinski definition) is 5. The fourth-order valence-electron chi connectivity index (χ4n) is 4.81. The van der Waals surface area contributed by atoms with Crippen LogP contribution in [0.1, 0.15) is 42.4 Å². The lowest BCUT2D eigenvalue weighted by molar-refractivity contribution is -0.139. The number of carbonyl (C=O) groups excluding carboxylic acids is 1.